The Morgan fingerprint density at radius 2 is 2.10 bits per heavy atom. The van der Waals surface area contributed by atoms with Crippen molar-refractivity contribution in [2.75, 3.05) is 49.6 Å². The number of hydrogen-bond acceptors (Lipinski definition) is 8. The maximum absolute atomic E-state index is 13.8. The average Bonchev–Trinajstić information content (AvgIpc) is 3.60. The van der Waals surface area contributed by atoms with Crippen molar-refractivity contribution in [3.8, 4) is 12.1 Å². The van der Waals surface area contributed by atoms with Crippen LogP contribution in [0.3, 0.4) is 0 Å². The van der Waals surface area contributed by atoms with Gasteiger partial charge in [0.1, 0.15) is 17.2 Å². The van der Waals surface area contributed by atoms with Gasteiger partial charge in [-0.3, -0.25) is 9.69 Å². The molecule has 3 aliphatic heterocycles. The number of carbonyl (C=O) groups is 1. The summed E-state index contributed by atoms with van der Waals surface area (Å²) in [6.07, 6.45) is 6.40. The number of piperazine rings is 1. The standard InChI is InChI=1S/C30H35ClFN7O2/c1-3-27(40)39-16-15-38(18-21(39)8-12-33)28-22-9-14-37(25-7-6-20(32)17-23(25)31)19-24(22)34-29(35-28)41-30(10-11-30)26-5-4-13-36(26)2/h3,6-7,17,21,26H,1,4-5,8-11,13-16,18-19H2,2H3/t21-,26-/m0/s1. The Bertz CT molecular complexity index is 1390. The summed E-state index contributed by atoms with van der Waals surface area (Å²) in [5, 5.41) is 9.86. The highest BCUT2D eigenvalue weighted by Crippen LogP contribution is 2.48. The number of ether oxygens (including phenoxy) is 1. The lowest BCUT2D eigenvalue weighted by Gasteiger charge is -2.42. The van der Waals surface area contributed by atoms with E-state index in [9.17, 15) is 14.4 Å². The average molecular weight is 580 g/mol. The Balaban J connectivity index is 1.34. The lowest BCUT2D eigenvalue weighted by atomic mass is 10.0. The molecule has 216 valence electrons. The molecule has 0 N–H and O–H groups in total. The van der Waals surface area contributed by atoms with Gasteiger partial charge < -0.3 is 19.4 Å². The van der Waals surface area contributed by atoms with Gasteiger partial charge in [-0.1, -0.05) is 18.2 Å². The van der Waals surface area contributed by atoms with E-state index in [2.05, 4.69) is 34.4 Å². The minimum atomic E-state index is -0.371. The first-order chi connectivity index (χ1) is 19.8. The quantitative estimate of drug-likeness (QED) is 0.456. The van der Waals surface area contributed by atoms with Crippen molar-refractivity contribution in [2.24, 2.45) is 0 Å². The number of aromatic nitrogens is 2. The molecule has 1 amide bonds. The van der Waals surface area contributed by atoms with Gasteiger partial charge in [-0.25, -0.2) is 4.39 Å². The van der Waals surface area contributed by atoms with Gasteiger partial charge in [-0.2, -0.15) is 15.2 Å². The summed E-state index contributed by atoms with van der Waals surface area (Å²) in [5.41, 5.74) is 2.38. The van der Waals surface area contributed by atoms with E-state index in [-0.39, 0.29) is 29.8 Å². The van der Waals surface area contributed by atoms with E-state index in [4.69, 9.17) is 26.3 Å². The van der Waals surface area contributed by atoms with Gasteiger partial charge in [0.25, 0.3) is 0 Å². The number of nitrogens with zero attached hydrogens (tertiary/aromatic N) is 7. The molecule has 11 heteroatoms. The molecular weight excluding hydrogens is 545 g/mol. The van der Waals surface area contributed by atoms with Crippen molar-refractivity contribution in [3.63, 3.8) is 0 Å². The van der Waals surface area contributed by atoms with Crippen LogP contribution >= 0.6 is 11.6 Å². The number of halogens is 2. The molecule has 0 radical (unpaired) electrons. The first-order valence-electron chi connectivity index (χ1n) is 14.4. The molecule has 2 aromatic rings. The number of benzene rings is 1. The van der Waals surface area contributed by atoms with E-state index >= 15 is 0 Å². The molecule has 1 aliphatic carbocycles. The van der Waals surface area contributed by atoms with Gasteiger partial charge in [0.15, 0.2) is 0 Å². The van der Waals surface area contributed by atoms with Crippen LogP contribution in [0.1, 0.15) is 43.4 Å². The second-order valence-electron chi connectivity index (χ2n) is 11.5. The number of carbonyl (C=O) groups excluding carboxylic acids is 1. The number of anilines is 2. The van der Waals surface area contributed by atoms with Crippen LogP contribution in [0, 0.1) is 17.1 Å². The Kier molecular flexibility index (Phi) is 7.51. The Morgan fingerprint density at radius 1 is 1.27 bits per heavy atom. The fourth-order valence-corrected chi connectivity index (χ4v) is 7.04. The topological polar surface area (TPSA) is 88.8 Å². The van der Waals surface area contributed by atoms with Crippen molar-refractivity contribution in [3.05, 3.63) is 53.0 Å². The van der Waals surface area contributed by atoms with Crippen molar-refractivity contribution >= 4 is 29.0 Å². The number of fused-ring (bicyclic) bond motifs is 1. The van der Waals surface area contributed by atoms with Crippen molar-refractivity contribution in [1.82, 2.24) is 19.8 Å². The van der Waals surface area contributed by atoms with Gasteiger partial charge in [-0.05, 0) is 70.0 Å². The molecule has 41 heavy (non-hydrogen) atoms. The molecule has 2 saturated heterocycles. The van der Waals surface area contributed by atoms with Crippen LogP contribution in [-0.4, -0.2) is 83.1 Å². The Labute approximate surface area is 245 Å². The van der Waals surface area contributed by atoms with Crippen molar-refractivity contribution in [2.45, 2.75) is 62.8 Å². The third-order valence-electron chi connectivity index (χ3n) is 9.01. The second kappa shape index (κ2) is 11.1. The van der Waals surface area contributed by atoms with Gasteiger partial charge in [-0.15, -0.1) is 0 Å². The third kappa shape index (κ3) is 5.33. The number of rotatable bonds is 7. The predicted molar refractivity (Wildman–Crippen MR) is 155 cm³/mol. The fourth-order valence-electron chi connectivity index (χ4n) is 6.76. The molecule has 4 aliphatic rings. The van der Waals surface area contributed by atoms with E-state index in [1.807, 2.05) is 0 Å². The molecule has 0 bridgehead atoms. The monoisotopic (exact) mass is 579 g/mol. The zero-order chi connectivity index (χ0) is 28.7. The summed E-state index contributed by atoms with van der Waals surface area (Å²) in [7, 11) is 2.16. The lowest BCUT2D eigenvalue weighted by molar-refractivity contribution is -0.128. The van der Waals surface area contributed by atoms with E-state index in [0.29, 0.717) is 56.2 Å². The molecular formula is C30H35ClFN7O2. The molecule has 0 spiro atoms. The summed E-state index contributed by atoms with van der Waals surface area (Å²) < 4.78 is 20.5. The van der Waals surface area contributed by atoms with Crippen LogP contribution in [0.2, 0.25) is 5.02 Å². The zero-order valence-corrected chi connectivity index (χ0v) is 24.1. The predicted octanol–water partition coefficient (Wildman–Crippen LogP) is 3.95. The molecule has 4 heterocycles. The van der Waals surface area contributed by atoms with E-state index in [1.165, 1.54) is 18.2 Å². The van der Waals surface area contributed by atoms with Gasteiger partial charge in [0, 0.05) is 37.8 Å². The summed E-state index contributed by atoms with van der Waals surface area (Å²) in [6.45, 7) is 7.39. The molecule has 1 aromatic heterocycles. The molecule has 1 aromatic carbocycles. The minimum absolute atomic E-state index is 0.165. The first kappa shape index (κ1) is 27.7. The van der Waals surface area contributed by atoms with Crippen LogP contribution in [0.25, 0.3) is 0 Å². The van der Waals surface area contributed by atoms with E-state index < -0.39 is 0 Å². The Morgan fingerprint density at radius 3 is 2.78 bits per heavy atom. The van der Waals surface area contributed by atoms with Crippen molar-refractivity contribution in [1.29, 1.82) is 5.26 Å². The van der Waals surface area contributed by atoms with Crippen LogP contribution in [-0.2, 0) is 17.8 Å². The fraction of sp³-hybridized carbons (Fsp3) is 0.533. The van der Waals surface area contributed by atoms with E-state index in [0.717, 1.165) is 55.0 Å². The maximum atomic E-state index is 13.8. The van der Waals surface area contributed by atoms with Gasteiger partial charge >= 0.3 is 6.01 Å². The minimum Gasteiger partial charge on any atom is -0.455 e. The highest BCUT2D eigenvalue weighted by molar-refractivity contribution is 6.33. The summed E-state index contributed by atoms with van der Waals surface area (Å²) >= 11 is 6.44. The first-order valence-corrected chi connectivity index (χ1v) is 14.7. The normalized spacial score (nSPS) is 23.6. The third-order valence-corrected chi connectivity index (χ3v) is 9.31. The van der Waals surface area contributed by atoms with Crippen LogP contribution in [0.5, 0.6) is 6.01 Å². The maximum Gasteiger partial charge on any atom is 0.319 e. The second-order valence-corrected chi connectivity index (χ2v) is 11.9. The molecule has 2 atom stereocenters. The number of amides is 1. The molecule has 3 fully saturated rings. The molecule has 0 unspecified atom stereocenters. The summed E-state index contributed by atoms with van der Waals surface area (Å²) in [6, 6.07) is 7.14. The SMILES string of the molecule is C=CC(=O)N1CCN(c2nc(OC3([C@@H]4CCCN4C)CC3)nc3c2CCN(c2ccc(F)cc2Cl)C3)C[C@@H]1CC#N. The number of nitriles is 1. The summed E-state index contributed by atoms with van der Waals surface area (Å²) in [4.78, 5) is 30.9. The van der Waals surface area contributed by atoms with Gasteiger partial charge in [0.05, 0.1) is 41.5 Å². The molecule has 6 rings (SSSR count). The zero-order valence-electron chi connectivity index (χ0n) is 23.4. The lowest BCUT2D eigenvalue weighted by Crippen LogP contribution is -2.55. The van der Waals surface area contributed by atoms with E-state index in [1.54, 1.807) is 11.0 Å². The smallest absolute Gasteiger partial charge is 0.319 e. The van der Waals surface area contributed by atoms with Crippen LogP contribution in [0.4, 0.5) is 15.9 Å². The number of hydrogen-bond donors (Lipinski definition) is 0. The Hall–Kier alpha value is -3.42. The van der Waals surface area contributed by atoms with Gasteiger partial charge in [0.2, 0.25) is 5.91 Å². The highest BCUT2D eigenvalue weighted by atomic mass is 35.5. The number of likely N-dealkylation sites (tertiary alicyclic amines) is 1. The van der Waals surface area contributed by atoms with Crippen LogP contribution < -0.4 is 14.5 Å². The van der Waals surface area contributed by atoms with Crippen molar-refractivity contribution < 1.29 is 13.9 Å². The molecule has 1 saturated carbocycles. The number of likely N-dealkylation sites (N-methyl/N-ethyl adjacent to an activating group) is 1. The largest absolute Gasteiger partial charge is 0.455 e. The van der Waals surface area contributed by atoms with Crippen LogP contribution in [0.15, 0.2) is 30.9 Å². The summed E-state index contributed by atoms with van der Waals surface area (Å²) in [5.74, 6) is 0.268. The highest BCUT2D eigenvalue weighted by Gasteiger charge is 2.55. The molecule has 9 nitrogen and oxygen atoms in total.